The highest BCUT2D eigenvalue weighted by atomic mass is 16.7. The third kappa shape index (κ3) is 2.31. The summed E-state index contributed by atoms with van der Waals surface area (Å²) in [6.07, 6.45) is -0.643. The summed E-state index contributed by atoms with van der Waals surface area (Å²) in [7, 11) is 0. The summed E-state index contributed by atoms with van der Waals surface area (Å²) >= 11 is 0. The van der Waals surface area contributed by atoms with Gasteiger partial charge in [0.15, 0.2) is 23.1 Å². The Morgan fingerprint density at radius 3 is 2.81 bits per heavy atom. The Morgan fingerprint density at radius 2 is 2.10 bits per heavy atom. The topological polar surface area (TPSA) is 79.9 Å². The molecule has 3 rings (SSSR count). The molecule has 0 fully saturated rings. The van der Waals surface area contributed by atoms with E-state index in [1.807, 2.05) is 19.1 Å². The normalized spacial score (nSPS) is 13.8. The van der Waals surface area contributed by atoms with Crippen molar-refractivity contribution < 1.29 is 24.0 Å². The number of nitrogens with zero attached hydrogens (tertiary/aromatic N) is 3. The molecule has 1 aliphatic heterocycles. The summed E-state index contributed by atoms with van der Waals surface area (Å²) < 4.78 is 17.0. The monoisotopic (exact) mass is 289 g/mol. The quantitative estimate of drug-likeness (QED) is 0.454. The number of aromatic nitrogens is 2. The molecule has 0 bridgehead atoms. The smallest absolute Gasteiger partial charge is 0.321 e. The summed E-state index contributed by atoms with van der Waals surface area (Å²) in [6, 6.07) is 3.67. The highest BCUT2D eigenvalue weighted by molar-refractivity contribution is 5.84. The average Bonchev–Trinajstić information content (AvgIpc) is 2.89. The maximum atomic E-state index is 11.6. The SMILES string of the molecule is CCO/C([O-])=N\[n+]1c(C)nc2cc3c(cc2c1C)OCO3. The Morgan fingerprint density at radius 1 is 1.38 bits per heavy atom. The molecule has 7 nitrogen and oxygen atoms in total. The number of rotatable bonds is 2. The van der Waals surface area contributed by atoms with Gasteiger partial charge in [-0.15, -0.1) is 4.68 Å². The maximum Gasteiger partial charge on any atom is 0.321 e. The Hall–Kier alpha value is -2.57. The lowest BCUT2D eigenvalue weighted by Gasteiger charge is -2.10. The minimum Gasteiger partial charge on any atom is -0.598 e. The van der Waals surface area contributed by atoms with E-state index in [4.69, 9.17) is 14.2 Å². The van der Waals surface area contributed by atoms with E-state index in [1.165, 1.54) is 4.68 Å². The molecule has 0 saturated carbocycles. The molecule has 110 valence electrons. The van der Waals surface area contributed by atoms with Crippen molar-refractivity contribution in [2.45, 2.75) is 20.8 Å². The molecular weight excluding hydrogens is 274 g/mol. The summed E-state index contributed by atoms with van der Waals surface area (Å²) in [6.45, 7) is 5.86. The van der Waals surface area contributed by atoms with E-state index in [0.29, 0.717) is 17.3 Å². The largest absolute Gasteiger partial charge is 0.598 e. The van der Waals surface area contributed by atoms with Gasteiger partial charge in [-0.1, -0.05) is 12.0 Å². The van der Waals surface area contributed by atoms with Crippen LogP contribution in [0.4, 0.5) is 0 Å². The van der Waals surface area contributed by atoms with Gasteiger partial charge in [-0.3, -0.25) is 0 Å². The van der Waals surface area contributed by atoms with Gasteiger partial charge in [0.05, 0.1) is 5.39 Å². The van der Waals surface area contributed by atoms with Gasteiger partial charge in [0, 0.05) is 19.9 Å². The fraction of sp³-hybridized carbons (Fsp3) is 0.357. The summed E-state index contributed by atoms with van der Waals surface area (Å²) in [5.74, 6) is 1.93. The van der Waals surface area contributed by atoms with Crippen molar-refractivity contribution in [3.05, 3.63) is 23.7 Å². The molecule has 0 atom stereocenters. The van der Waals surface area contributed by atoms with Gasteiger partial charge >= 0.3 is 5.82 Å². The van der Waals surface area contributed by atoms with Crippen LogP contribution < -0.4 is 19.3 Å². The van der Waals surface area contributed by atoms with Crippen molar-refractivity contribution in [3.63, 3.8) is 0 Å². The predicted molar refractivity (Wildman–Crippen MR) is 72.0 cm³/mol. The molecule has 0 N–H and O–H groups in total. The zero-order valence-electron chi connectivity index (χ0n) is 12.0. The minimum atomic E-state index is -0.643. The van der Waals surface area contributed by atoms with Crippen LogP contribution >= 0.6 is 0 Å². The lowest BCUT2D eigenvalue weighted by atomic mass is 10.1. The maximum absolute atomic E-state index is 11.6. The Bertz CT molecular complexity index is 743. The lowest BCUT2D eigenvalue weighted by molar-refractivity contribution is -0.696. The van der Waals surface area contributed by atoms with E-state index < -0.39 is 6.08 Å². The highest BCUT2D eigenvalue weighted by Crippen LogP contribution is 2.35. The third-order valence-electron chi connectivity index (χ3n) is 3.24. The first kappa shape index (κ1) is 13.4. The zero-order valence-corrected chi connectivity index (χ0v) is 12.0. The standard InChI is InChI=1S/C14H15N3O4/c1-4-19-14(18)16-17-8(2)10-5-12-13(21-7-20-12)6-11(10)15-9(17)3/h5-6H,4,7H2,1-3H3. The van der Waals surface area contributed by atoms with Crippen LogP contribution in [-0.4, -0.2) is 24.5 Å². The third-order valence-corrected chi connectivity index (χ3v) is 3.24. The van der Waals surface area contributed by atoms with Crippen LogP contribution in [0.1, 0.15) is 18.4 Å². The van der Waals surface area contributed by atoms with Crippen LogP contribution in [0.15, 0.2) is 17.2 Å². The van der Waals surface area contributed by atoms with Gasteiger partial charge in [-0.2, -0.15) is 0 Å². The highest BCUT2D eigenvalue weighted by Gasteiger charge is 2.22. The number of hydrogen-bond acceptors (Lipinski definition) is 6. The van der Waals surface area contributed by atoms with Gasteiger partial charge in [0.25, 0.3) is 0 Å². The number of hydrogen-bond donors (Lipinski definition) is 0. The molecule has 1 aromatic carbocycles. The van der Waals surface area contributed by atoms with Crippen molar-refractivity contribution >= 4 is 17.0 Å². The molecule has 2 aromatic rings. The average molecular weight is 289 g/mol. The van der Waals surface area contributed by atoms with Crippen LogP contribution in [0.2, 0.25) is 0 Å². The van der Waals surface area contributed by atoms with Crippen LogP contribution in [0.5, 0.6) is 11.5 Å². The van der Waals surface area contributed by atoms with Crippen LogP contribution in [0.3, 0.4) is 0 Å². The summed E-state index contributed by atoms with van der Waals surface area (Å²) in [5, 5.41) is 16.3. The lowest BCUT2D eigenvalue weighted by Crippen LogP contribution is -2.40. The second kappa shape index (κ2) is 5.08. The molecule has 0 unspecified atom stereocenters. The molecule has 0 radical (unpaired) electrons. The molecule has 0 amide bonds. The molecule has 0 saturated heterocycles. The zero-order chi connectivity index (χ0) is 15.0. The van der Waals surface area contributed by atoms with Crippen molar-refractivity contribution in [1.29, 1.82) is 0 Å². The van der Waals surface area contributed by atoms with Crippen LogP contribution in [0, 0.1) is 13.8 Å². The number of aryl methyl sites for hydroxylation is 2. The molecule has 2 heterocycles. The second-order valence-electron chi connectivity index (χ2n) is 4.58. The molecular formula is C14H15N3O4. The fourth-order valence-corrected chi connectivity index (χ4v) is 2.27. The van der Waals surface area contributed by atoms with Gasteiger partial charge in [0.2, 0.25) is 6.79 Å². The molecule has 7 heteroatoms. The first-order chi connectivity index (χ1) is 10.1. The first-order valence-electron chi connectivity index (χ1n) is 6.61. The van der Waals surface area contributed by atoms with Crippen LogP contribution in [0.25, 0.3) is 10.9 Å². The van der Waals surface area contributed by atoms with Crippen molar-refractivity contribution in [1.82, 2.24) is 4.98 Å². The van der Waals surface area contributed by atoms with Crippen molar-refractivity contribution in [2.75, 3.05) is 13.4 Å². The van der Waals surface area contributed by atoms with Crippen molar-refractivity contribution in [2.24, 2.45) is 5.10 Å². The summed E-state index contributed by atoms with van der Waals surface area (Å²) in [5.41, 5.74) is 1.55. The molecule has 21 heavy (non-hydrogen) atoms. The number of fused-ring (bicyclic) bond motifs is 2. The Kier molecular flexibility index (Phi) is 3.25. The molecule has 1 aromatic heterocycles. The van der Waals surface area contributed by atoms with E-state index >= 15 is 0 Å². The molecule has 0 aliphatic carbocycles. The van der Waals surface area contributed by atoms with Gasteiger partial charge < -0.3 is 19.3 Å². The second-order valence-corrected chi connectivity index (χ2v) is 4.58. The Labute approximate surface area is 121 Å². The fourth-order valence-electron chi connectivity index (χ4n) is 2.27. The first-order valence-corrected chi connectivity index (χ1v) is 6.61. The number of benzene rings is 1. The Balaban J connectivity index is 2.18. The predicted octanol–water partition coefficient (Wildman–Crippen LogP) is 0.384. The minimum absolute atomic E-state index is 0.205. The van der Waals surface area contributed by atoms with Crippen molar-refractivity contribution in [3.8, 4) is 11.5 Å². The van der Waals surface area contributed by atoms with Crippen LogP contribution in [-0.2, 0) is 4.74 Å². The molecule has 1 aliphatic rings. The van der Waals surface area contributed by atoms with E-state index in [2.05, 4.69) is 10.1 Å². The van der Waals surface area contributed by atoms with Gasteiger partial charge in [-0.25, -0.2) is 0 Å². The van der Waals surface area contributed by atoms with E-state index in [9.17, 15) is 5.11 Å². The molecule has 0 spiro atoms. The number of ether oxygens (including phenoxy) is 3. The summed E-state index contributed by atoms with van der Waals surface area (Å²) in [4.78, 5) is 4.45. The van der Waals surface area contributed by atoms with E-state index in [1.54, 1.807) is 13.8 Å². The van der Waals surface area contributed by atoms with Gasteiger partial charge in [0.1, 0.15) is 5.69 Å². The van der Waals surface area contributed by atoms with Gasteiger partial charge in [-0.05, 0) is 17.7 Å². The van der Waals surface area contributed by atoms with E-state index in [0.717, 1.165) is 16.6 Å². The van der Waals surface area contributed by atoms with E-state index in [-0.39, 0.29) is 13.4 Å².